The van der Waals surface area contributed by atoms with Gasteiger partial charge in [0.1, 0.15) is 18.2 Å². The summed E-state index contributed by atoms with van der Waals surface area (Å²) in [6, 6.07) is 12.5. The molecule has 0 spiro atoms. The maximum Gasteiger partial charge on any atom is 0.255 e. The van der Waals surface area contributed by atoms with Crippen molar-refractivity contribution in [3.05, 3.63) is 78.1 Å². The van der Waals surface area contributed by atoms with Crippen molar-refractivity contribution in [1.82, 2.24) is 25.1 Å². The number of nitrogens with one attached hydrogen (secondary N) is 3. The molecule has 0 radical (unpaired) electrons. The second-order valence-electron chi connectivity index (χ2n) is 6.82. The van der Waals surface area contributed by atoms with Gasteiger partial charge in [0.05, 0.1) is 29.0 Å². The van der Waals surface area contributed by atoms with Gasteiger partial charge in [0.2, 0.25) is 5.91 Å². The fourth-order valence-corrected chi connectivity index (χ4v) is 3.00. The Hall–Kier alpha value is -4.01. The van der Waals surface area contributed by atoms with E-state index in [1.165, 1.54) is 35.1 Å². The first kappa shape index (κ1) is 19.3. The number of para-hydroxylation sites is 2. The normalized spacial score (nSPS) is 11.9. The lowest BCUT2D eigenvalue weighted by Gasteiger charge is -2.11. The summed E-state index contributed by atoms with van der Waals surface area (Å²) >= 11 is 0. The molecule has 2 amide bonds. The second kappa shape index (κ2) is 8.16. The summed E-state index contributed by atoms with van der Waals surface area (Å²) in [5.74, 6) is -0.389. The number of rotatable bonds is 6. The predicted molar refractivity (Wildman–Crippen MR) is 109 cm³/mol. The number of H-pyrrole nitrogens is 1. The SMILES string of the molecule is C[C@H](NC(=O)Cn1cc(NC(=O)c2ccc(F)cc2)cn1)c1nc2ccccc2[nH]1. The van der Waals surface area contributed by atoms with Crippen LogP contribution < -0.4 is 10.6 Å². The molecule has 30 heavy (non-hydrogen) atoms. The van der Waals surface area contributed by atoms with Crippen LogP contribution in [-0.4, -0.2) is 31.6 Å². The van der Waals surface area contributed by atoms with E-state index < -0.39 is 11.7 Å². The highest BCUT2D eigenvalue weighted by Gasteiger charge is 2.15. The summed E-state index contributed by atoms with van der Waals surface area (Å²) in [6.07, 6.45) is 2.99. The molecule has 0 unspecified atom stereocenters. The number of carbonyl (C=O) groups excluding carboxylic acids is 2. The van der Waals surface area contributed by atoms with Gasteiger partial charge in [0.15, 0.2) is 0 Å². The van der Waals surface area contributed by atoms with E-state index in [0.29, 0.717) is 17.1 Å². The Kier molecular flexibility index (Phi) is 5.25. The Balaban J connectivity index is 1.34. The van der Waals surface area contributed by atoms with Crippen molar-refractivity contribution >= 4 is 28.5 Å². The van der Waals surface area contributed by atoms with Gasteiger partial charge in [-0.2, -0.15) is 5.10 Å². The molecule has 8 nitrogen and oxygen atoms in total. The molecule has 3 N–H and O–H groups in total. The van der Waals surface area contributed by atoms with Gasteiger partial charge < -0.3 is 15.6 Å². The number of benzene rings is 2. The second-order valence-corrected chi connectivity index (χ2v) is 6.82. The number of imidazole rings is 1. The molecule has 1 atom stereocenters. The Morgan fingerprint density at radius 1 is 1.17 bits per heavy atom. The lowest BCUT2D eigenvalue weighted by molar-refractivity contribution is -0.122. The zero-order valence-electron chi connectivity index (χ0n) is 16.1. The lowest BCUT2D eigenvalue weighted by atomic mass is 10.2. The van der Waals surface area contributed by atoms with Gasteiger partial charge in [0, 0.05) is 11.8 Å². The molecule has 0 saturated heterocycles. The van der Waals surface area contributed by atoms with Crippen LogP contribution in [0.3, 0.4) is 0 Å². The Labute approximate surface area is 171 Å². The van der Waals surface area contributed by atoms with Gasteiger partial charge in [-0.15, -0.1) is 0 Å². The lowest BCUT2D eigenvalue weighted by Crippen LogP contribution is -2.30. The average Bonchev–Trinajstić information content (AvgIpc) is 3.35. The molecule has 0 saturated carbocycles. The summed E-state index contributed by atoms with van der Waals surface area (Å²) in [7, 11) is 0. The molecule has 2 aromatic heterocycles. The predicted octanol–water partition coefficient (Wildman–Crippen LogP) is 3.03. The molecule has 0 fully saturated rings. The van der Waals surface area contributed by atoms with Crippen molar-refractivity contribution in [3.8, 4) is 0 Å². The van der Waals surface area contributed by atoms with Crippen molar-refractivity contribution in [2.45, 2.75) is 19.5 Å². The number of hydrogen-bond donors (Lipinski definition) is 3. The fourth-order valence-electron chi connectivity index (χ4n) is 3.00. The van der Waals surface area contributed by atoms with E-state index in [1.807, 2.05) is 31.2 Å². The van der Waals surface area contributed by atoms with E-state index in [1.54, 1.807) is 6.20 Å². The van der Waals surface area contributed by atoms with E-state index in [4.69, 9.17) is 0 Å². The molecule has 9 heteroatoms. The van der Waals surface area contributed by atoms with Crippen LogP contribution in [-0.2, 0) is 11.3 Å². The minimum Gasteiger partial charge on any atom is -0.345 e. The summed E-state index contributed by atoms with van der Waals surface area (Å²) < 4.78 is 14.4. The first-order chi connectivity index (χ1) is 14.5. The maximum absolute atomic E-state index is 13.0. The highest BCUT2D eigenvalue weighted by atomic mass is 19.1. The highest BCUT2D eigenvalue weighted by molar-refractivity contribution is 6.04. The van der Waals surface area contributed by atoms with Crippen LogP contribution in [0.1, 0.15) is 29.1 Å². The quantitative estimate of drug-likeness (QED) is 0.458. The third kappa shape index (κ3) is 4.35. The smallest absolute Gasteiger partial charge is 0.255 e. The molecular formula is C21H19FN6O2. The molecule has 2 aromatic carbocycles. The van der Waals surface area contributed by atoms with Gasteiger partial charge in [-0.3, -0.25) is 14.3 Å². The van der Waals surface area contributed by atoms with Gasteiger partial charge in [0.25, 0.3) is 5.91 Å². The zero-order chi connectivity index (χ0) is 21.1. The van der Waals surface area contributed by atoms with Gasteiger partial charge in [-0.25, -0.2) is 9.37 Å². The third-order valence-electron chi connectivity index (χ3n) is 4.50. The minimum atomic E-state index is -0.415. The van der Waals surface area contributed by atoms with Crippen LogP contribution in [0.15, 0.2) is 60.9 Å². The summed E-state index contributed by atoms with van der Waals surface area (Å²) in [6.45, 7) is 1.82. The topological polar surface area (TPSA) is 105 Å². The first-order valence-corrected chi connectivity index (χ1v) is 9.31. The van der Waals surface area contributed by atoms with Crippen LogP contribution in [0, 0.1) is 5.82 Å². The van der Waals surface area contributed by atoms with E-state index in [0.717, 1.165) is 11.0 Å². The number of nitrogens with zero attached hydrogens (tertiary/aromatic N) is 3. The molecule has 0 aliphatic heterocycles. The van der Waals surface area contributed by atoms with Crippen molar-refractivity contribution in [1.29, 1.82) is 0 Å². The van der Waals surface area contributed by atoms with Crippen molar-refractivity contribution < 1.29 is 14.0 Å². The summed E-state index contributed by atoms with van der Waals surface area (Å²) in [5.41, 5.74) is 2.49. The standard InChI is InChI=1S/C21H19FN6O2/c1-13(20-26-17-4-2-3-5-18(17)27-20)24-19(29)12-28-11-16(10-23-28)25-21(30)14-6-8-15(22)9-7-14/h2-11,13H,12H2,1H3,(H,24,29)(H,25,30)(H,26,27)/t13-/m0/s1. The molecule has 0 aliphatic carbocycles. The molecule has 0 aliphatic rings. The van der Waals surface area contributed by atoms with Crippen molar-refractivity contribution in [2.24, 2.45) is 0 Å². The third-order valence-corrected chi connectivity index (χ3v) is 4.50. The summed E-state index contributed by atoms with van der Waals surface area (Å²) in [5, 5.41) is 9.62. The largest absolute Gasteiger partial charge is 0.345 e. The van der Waals surface area contributed by atoms with Crippen LogP contribution >= 0.6 is 0 Å². The monoisotopic (exact) mass is 406 g/mol. The number of amides is 2. The van der Waals surface area contributed by atoms with E-state index in [-0.39, 0.29) is 18.5 Å². The zero-order valence-corrected chi connectivity index (χ0v) is 16.1. The number of anilines is 1. The Morgan fingerprint density at radius 3 is 2.70 bits per heavy atom. The van der Waals surface area contributed by atoms with E-state index in [2.05, 4.69) is 25.7 Å². The fraction of sp³-hybridized carbons (Fsp3) is 0.143. The minimum absolute atomic E-state index is 0.0169. The highest BCUT2D eigenvalue weighted by Crippen LogP contribution is 2.15. The number of aromatic amines is 1. The molecule has 152 valence electrons. The number of carbonyl (C=O) groups is 2. The van der Waals surface area contributed by atoms with E-state index >= 15 is 0 Å². The number of hydrogen-bond acceptors (Lipinski definition) is 4. The van der Waals surface area contributed by atoms with Gasteiger partial charge in [-0.05, 0) is 43.3 Å². The first-order valence-electron chi connectivity index (χ1n) is 9.31. The Morgan fingerprint density at radius 2 is 1.93 bits per heavy atom. The van der Waals surface area contributed by atoms with Gasteiger partial charge in [-0.1, -0.05) is 12.1 Å². The molecule has 4 aromatic rings. The Bertz CT molecular complexity index is 1160. The maximum atomic E-state index is 13.0. The molecule has 0 bridgehead atoms. The van der Waals surface area contributed by atoms with Crippen LogP contribution in [0.25, 0.3) is 11.0 Å². The number of aromatic nitrogens is 4. The average molecular weight is 406 g/mol. The summed E-state index contributed by atoms with van der Waals surface area (Å²) in [4.78, 5) is 32.2. The van der Waals surface area contributed by atoms with Crippen LogP contribution in [0.5, 0.6) is 0 Å². The van der Waals surface area contributed by atoms with Crippen molar-refractivity contribution in [3.63, 3.8) is 0 Å². The molecular weight excluding hydrogens is 387 g/mol. The number of fused-ring (bicyclic) bond motifs is 1. The van der Waals surface area contributed by atoms with E-state index in [9.17, 15) is 14.0 Å². The van der Waals surface area contributed by atoms with Crippen molar-refractivity contribution in [2.75, 3.05) is 5.32 Å². The van der Waals surface area contributed by atoms with Crippen LogP contribution in [0.2, 0.25) is 0 Å². The van der Waals surface area contributed by atoms with Crippen LogP contribution in [0.4, 0.5) is 10.1 Å². The molecule has 4 rings (SSSR count). The number of halogens is 1. The van der Waals surface area contributed by atoms with Gasteiger partial charge >= 0.3 is 0 Å². The molecule has 2 heterocycles.